The van der Waals surface area contributed by atoms with E-state index in [1.165, 1.54) is 9.88 Å². The SMILES string of the molecule is CC(C)=CCN1CCN(S(=O)(=O)c2c(C)noc2C)CC1. The van der Waals surface area contributed by atoms with Crippen LogP contribution in [0.4, 0.5) is 0 Å². The van der Waals surface area contributed by atoms with E-state index in [1.54, 1.807) is 13.8 Å². The fourth-order valence-electron chi connectivity index (χ4n) is 2.44. The van der Waals surface area contributed by atoms with Crippen molar-refractivity contribution in [2.45, 2.75) is 32.6 Å². The van der Waals surface area contributed by atoms with Crippen LogP contribution >= 0.6 is 0 Å². The van der Waals surface area contributed by atoms with E-state index in [9.17, 15) is 8.42 Å². The van der Waals surface area contributed by atoms with E-state index in [4.69, 9.17) is 4.52 Å². The van der Waals surface area contributed by atoms with Crippen molar-refractivity contribution in [1.82, 2.24) is 14.4 Å². The minimum absolute atomic E-state index is 0.222. The first-order chi connectivity index (χ1) is 9.82. The highest BCUT2D eigenvalue weighted by Gasteiger charge is 2.32. The summed E-state index contributed by atoms with van der Waals surface area (Å²) >= 11 is 0. The molecule has 7 heteroatoms. The van der Waals surface area contributed by atoms with E-state index in [2.05, 4.69) is 30.0 Å². The quantitative estimate of drug-likeness (QED) is 0.789. The summed E-state index contributed by atoms with van der Waals surface area (Å²) in [5.74, 6) is 0.361. The Morgan fingerprint density at radius 1 is 1.24 bits per heavy atom. The van der Waals surface area contributed by atoms with Crippen molar-refractivity contribution in [3.05, 3.63) is 23.1 Å². The van der Waals surface area contributed by atoms with Gasteiger partial charge in [0, 0.05) is 32.7 Å². The molecule has 0 spiro atoms. The van der Waals surface area contributed by atoms with Crippen LogP contribution in [0.1, 0.15) is 25.3 Å². The second kappa shape index (κ2) is 6.29. The maximum absolute atomic E-state index is 12.7. The van der Waals surface area contributed by atoms with Gasteiger partial charge < -0.3 is 4.52 Å². The number of allylic oxidation sites excluding steroid dienone is 1. The van der Waals surface area contributed by atoms with Crippen LogP contribution in [-0.2, 0) is 10.0 Å². The van der Waals surface area contributed by atoms with Crippen molar-refractivity contribution in [3.8, 4) is 0 Å². The second-order valence-corrected chi connectivity index (χ2v) is 7.51. The molecule has 0 unspecified atom stereocenters. The third kappa shape index (κ3) is 3.53. The molecule has 1 aromatic heterocycles. The lowest BCUT2D eigenvalue weighted by Crippen LogP contribution is -2.48. The van der Waals surface area contributed by atoms with Gasteiger partial charge in [-0.25, -0.2) is 8.42 Å². The summed E-state index contributed by atoms with van der Waals surface area (Å²) in [4.78, 5) is 2.48. The van der Waals surface area contributed by atoms with Crippen LogP contribution < -0.4 is 0 Å². The molecule has 21 heavy (non-hydrogen) atoms. The van der Waals surface area contributed by atoms with E-state index in [0.717, 1.165) is 19.6 Å². The average molecular weight is 313 g/mol. The lowest BCUT2D eigenvalue weighted by molar-refractivity contribution is 0.204. The number of nitrogens with zero attached hydrogens (tertiary/aromatic N) is 3. The van der Waals surface area contributed by atoms with E-state index in [0.29, 0.717) is 24.5 Å². The highest BCUT2D eigenvalue weighted by atomic mass is 32.2. The van der Waals surface area contributed by atoms with E-state index < -0.39 is 10.0 Å². The number of aryl methyl sites for hydroxylation is 2. The fourth-order valence-corrected chi connectivity index (χ4v) is 4.15. The van der Waals surface area contributed by atoms with Gasteiger partial charge in [-0.2, -0.15) is 4.31 Å². The maximum Gasteiger partial charge on any atom is 0.248 e. The molecule has 0 bridgehead atoms. The Morgan fingerprint density at radius 2 is 1.86 bits per heavy atom. The molecule has 6 nitrogen and oxygen atoms in total. The van der Waals surface area contributed by atoms with Gasteiger partial charge in [0.25, 0.3) is 0 Å². The first-order valence-corrected chi connectivity index (χ1v) is 8.55. The standard InChI is InChI=1S/C14H23N3O3S/c1-11(2)5-6-16-7-9-17(10-8-16)21(18,19)14-12(3)15-20-13(14)4/h5H,6-10H2,1-4H3. The van der Waals surface area contributed by atoms with Crippen molar-refractivity contribution >= 4 is 10.0 Å². The number of piperazine rings is 1. The van der Waals surface area contributed by atoms with Gasteiger partial charge in [-0.05, 0) is 27.7 Å². The van der Waals surface area contributed by atoms with Gasteiger partial charge in [0.1, 0.15) is 10.6 Å². The molecule has 0 atom stereocenters. The molecule has 1 aliphatic rings. The highest BCUT2D eigenvalue weighted by Crippen LogP contribution is 2.24. The maximum atomic E-state index is 12.7. The molecule has 1 fully saturated rings. The molecule has 1 saturated heterocycles. The van der Waals surface area contributed by atoms with Gasteiger partial charge in [-0.1, -0.05) is 16.8 Å². The smallest absolute Gasteiger partial charge is 0.248 e. The summed E-state index contributed by atoms with van der Waals surface area (Å²) in [6, 6.07) is 0. The summed E-state index contributed by atoms with van der Waals surface area (Å²) in [5, 5.41) is 3.74. The zero-order valence-electron chi connectivity index (χ0n) is 13.1. The van der Waals surface area contributed by atoms with Crippen LogP contribution in [0.5, 0.6) is 0 Å². The molecule has 0 amide bonds. The molecular weight excluding hydrogens is 290 g/mol. The number of rotatable bonds is 4. The normalized spacial score (nSPS) is 17.9. The molecule has 2 heterocycles. The Bertz CT molecular complexity index is 602. The zero-order chi connectivity index (χ0) is 15.6. The van der Waals surface area contributed by atoms with Gasteiger partial charge in [0.15, 0.2) is 5.76 Å². The molecule has 0 N–H and O–H groups in total. The van der Waals surface area contributed by atoms with E-state index >= 15 is 0 Å². The van der Waals surface area contributed by atoms with Crippen LogP contribution in [0, 0.1) is 13.8 Å². The van der Waals surface area contributed by atoms with Crippen LogP contribution in [0.2, 0.25) is 0 Å². The largest absolute Gasteiger partial charge is 0.360 e. The Balaban J connectivity index is 2.07. The Morgan fingerprint density at radius 3 is 2.33 bits per heavy atom. The van der Waals surface area contributed by atoms with Crippen molar-refractivity contribution in [2.24, 2.45) is 0 Å². The summed E-state index contributed by atoms with van der Waals surface area (Å²) in [6.07, 6.45) is 2.17. The van der Waals surface area contributed by atoms with Gasteiger partial charge in [-0.15, -0.1) is 0 Å². The van der Waals surface area contributed by atoms with Crippen molar-refractivity contribution in [1.29, 1.82) is 0 Å². The summed E-state index contributed by atoms with van der Waals surface area (Å²) in [6.45, 7) is 10.8. The second-order valence-electron chi connectivity index (χ2n) is 5.64. The molecule has 0 radical (unpaired) electrons. The zero-order valence-corrected chi connectivity index (χ0v) is 13.9. The fraction of sp³-hybridized carbons (Fsp3) is 0.643. The Kier molecular flexibility index (Phi) is 4.85. The summed E-state index contributed by atoms with van der Waals surface area (Å²) in [7, 11) is -3.50. The van der Waals surface area contributed by atoms with E-state index in [1.807, 2.05) is 0 Å². The first-order valence-electron chi connectivity index (χ1n) is 7.11. The number of aromatic nitrogens is 1. The predicted octanol–water partition coefficient (Wildman–Crippen LogP) is 1.56. The van der Waals surface area contributed by atoms with Gasteiger partial charge in [0.2, 0.25) is 10.0 Å². The number of sulfonamides is 1. The van der Waals surface area contributed by atoms with Gasteiger partial charge in [0.05, 0.1) is 0 Å². The molecule has 118 valence electrons. The highest BCUT2D eigenvalue weighted by molar-refractivity contribution is 7.89. The molecule has 0 saturated carbocycles. The number of hydrogen-bond donors (Lipinski definition) is 0. The lowest BCUT2D eigenvalue weighted by Gasteiger charge is -2.33. The molecule has 0 aliphatic carbocycles. The van der Waals surface area contributed by atoms with E-state index in [-0.39, 0.29) is 4.90 Å². The van der Waals surface area contributed by atoms with Crippen LogP contribution in [0.25, 0.3) is 0 Å². The van der Waals surface area contributed by atoms with Crippen molar-refractivity contribution < 1.29 is 12.9 Å². The third-order valence-corrected chi connectivity index (χ3v) is 5.80. The monoisotopic (exact) mass is 313 g/mol. The molecule has 1 aliphatic heterocycles. The lowest BCUT2D eigenvalue weighted by atomic mass is 10.3. The van der Waals surface area contributed by atoms with Crippen molar-refractivity contribution in [3.63, 3.8) is 0 Å². The summed E-state index contributed by atoms with van der Waals surface area (Å²) < 4.78 is 31.8. The average Bonchev–Trinajstić information content (AvgIpc) is 2.77. The minimum Gasteiger partial charge on any atom is -0.360 e. The van der Waals surface area contributed by atoms with Gasteiger partial charge >= 0.3 is 0 Å². The summed E-state index contributed by atoms with van der Waals surface area (Å²) in [5.41, 5.74) is 1.71. The Labute approximate surface area is 126 Å². The van der Waals surface area contributed by atoms with Crippen LogP contribution in [0.3, 0.4) is 0 Å². The minimum atomic E-state index is -3.50. The van der Waals surface area contributed by atoms with Crippen LogP contribution in [-0.4, -0.2) is 55.5 Å². The topological polar surface area (TPSA) is 66.7 Å². The molecular formula is C14H23N3O3S. The molecule has 1 aromatic rings. The number of hydrogen-bond acceptors (Lipinski definition) is 5. The first kappa shape index (κ1) is 16.2. The van der Waals surface area contributed by atoms with Crippen LogP contribution in [0.15, 0.2) is 21.1 Å². The molecule has 2 rings (SSSR count). The third-order valence-electron chi connectivity index (χ3n) is 3.65. The van der Waals surface area contributed by atoms with Gasteiger partial charge in [-0.3, -0.25) is 4.90 Å². The Hall–Kier alpha value is -1.18. The molecule has 0 aromatic carbocycles. The van der Waals surface area contributed by atoms with Crippen molar-refractivity contribution in [2.75, 3.05) is 32.7 Å². The predicted molar refractivity (Wildman–Crippen MR) is 80.6 cm³/mol.